The van der Waals surface area contributed by atoms with Crippen LogP contribution in [0.15, 0.2) is 30.6 Å². The van der Waals surface area contributed by atoms with E-state index in [2.05, 4.69) is 40.6 Å². The van der Waals surface area contributed by atoms with Crippen molar-refractivity contribution in [1.29, 1.82) is 0 Å². The Morgan fingerprint density at radius 3 is 2.81 bits per heavy atom. The van der Waals surface area contributed by atoms with Crippen molar-refractivity contribution in [2.24, 2.45) is 0 Å². The van der Waals surface area contributed by atoms with Gasteiger partial charge in [0.15, 0.2) is 11.5 Å². The molecule has 1 aromatic heterocycles. The molecule has 3 heterocycles. The highest BCUT2D eigenvalue weighted by molar-refractivity contribution is 5.44. The summed E-state index contributed by atoms with van der Waals surface area (Å²) in [6, 6.07) is 6.11. The first-order valence-corrected chi connectivity index (χ1v) is 9.33. The quantitative estimate of drug-likeness (QED) is 0.890. The van der Waals surface area contributed by atoms with E-state index >= 15 is 0 Å². The third-order valence-electron chi connectivity index (χ3n) is 5.55. The SMILES string of the molecule is C[C@@H](Cc1ccc2c(c1)OCO2)c1nccn1CC1(O)CCN(C)CC1. The van der Waals surface area contributed by atoms with E-state index in [1.54, 1.807) is 0 Å². The summed E-state index contributed by atoms with van der Waals surface area (Å²) in [4.78, 5) is 6.85. The highest BCUT2D eigenvalue weighted by Crippen LogP contribution is 2.34. The molecule has 2 aliphatic rings. The van der Waals surface area contributed by atoms with Crippen LogP contribution in [0.5, 0.6) is 11.5 Å². The number of imidazole rings is 1. The number of fused-ring (bicyclic) bond motifs is 1. The van der Waals surface area contributed by atoms with Gasteiger partial charge in [-0.3, -0.25) is 0 Å². The summed E-state index contributed by atoms with van der Waals surface area (Å²) in [5, 5.41) is 11.0. The fraction of sp³-hybridized carbons (Fsp3) is 0.550. The molecule has 1 fully saturated rings. The largest absolute Gasteiger partial charge is 0.454 e. The number of rotatable bonds is 5. The molecule has 6 heteroatoms. The fourth-order valence-corrected chi connectivity index (χ4v) is 3.91. The Labute approximate surface area is 154 Å². The molecule has 1 atom stereocenters. The van der Waals surface area contributed by atoms with E-state index in [0.717, 1.165) is 49.7 Å². The van der Waals surface area contributed by atoms with Crippen LogP contribution in [0.4, 0.5) is 0 Å². The molecule has 1 saturated heterocycles. The molecule has 0 saturated carbocycles. The zero-order chi connectivity index (χ0) is 18.1. The molecule has 0 amide bonds. The average Bonchev–Trinajstić information content (AvgIpc) is 3.26. The number of likely N-dealkylation sites (tertiary alicyclic amines) is 1. The molecule has 0 spiro atoms. The van der Waals surface area contributed by atoms with Gasteiger partial charge in [0.2, 0.25) is 6.79 Å². The van der Waals surface area contributed by atoms with Crippen LogP contribution in [0.25, 0.3) is 0 Å². The summed E-state index contributed by atoms with van der Waals surface area (Å²) in [6.45, 7) is 4.97. The van der Waals surface area contributed by atoms with Crippen molar-refractivity contribution in [2.75, 3.05) is 26.9 Å². The number of hydrogen-bond acceptors (Lipinski definition) is 5. The molecule has 0 aliphatic carbocycles. The highest BCUT2D eigenvalue weighted by Gasteiger charge is 2.32. The van der Waals surface area contributed by atoms with E-state index in [4.69, 9.17) is 9.47 Å². The first kappa shape index (κ1) is 17.4. The molecule has 140 valence electrons. The lowest BCUT2D eigenvalue weighted by molar-refractivity contribution is -0.0297. The van der Waals surface area contributed by atoms with Gasteiger partial charge in [-0.25, -0.2) is 4.98 Å². The zero-order valence-corrected chi connectivity index (χ0v) is 15.5. The predicted molar refractivity (Wildman–Crippen MR) is 98.6 cm³/mol. The van der Waals surface area contributed by atoms with Crippen molar-refractivity contribution < 1.29 is 14.6 Å². The Kier molecular flexibility index (Phi) is 4.63. The Morgan fingerprint density at radius 1 is 1.23 bits per heavy atom. The molecule has 2 aliphatic heterocycles. The first-order chi connectivity index (χ1) is 12.5. The second kappa shape index (κ2) is 6.93. The standard InChI is InChI=1S/C20H27N3O3/c1-15(11-16-3-4-17-18(12-16)26-14-25-17)19-21-7-10-23(19)13-20(24)5-8-22(2)9-6-20/h3-4,7,10,12,15,24H,5-6,8-9,11,13-14H2,1-2H3/t15-/m0/s1. The fourth-order valence-electron chi connectivity index (χ4n) is 3.91. The molecule has 0 bridgehead atoms. The lowest BCUT2D eigenvalue weighted by Gasteiger charge is -2.37. The summed E-state index contributed by atoms with van der Waals surface area (Å²) >= 11 is 0. The molecule has 0 radical (unpaired) electrons. The Morgan fingerprint density at radius 2 is 2.00 bits per heavy atom. The molecule has 1 N–H and O–H groups in total. The van der Waals surface area contributed by atoms with Crippen LogP contribution < -0.4 is 9.47 Å². The van der Waals surface area contributed by atoms with E-state index in [1.165, 1.54) is 5.56 Å². The summed E-state index contributed by atoms with van der Waals surface area (Å²) in [5.41, 5.74) is 0.565. The Balaban J connectivity index is 1.46. The van der Waals surface area contributed by atoms with Gasteiger partial charge < -0.3 is 24.0 Å². The van der Waals surface area contributed by atoms with Gasteiger partial charge in [-0.15, -0.1) is 0 Å². The molecule has 1 aromatic carbocycles. The maximum atomic E-state index is 11.0. The normalized spacial score (nSPS) is 20.3. The minimum absolute atomic E-state index is 0.250. The van der Waals surface area contributed by atoms with Crippen LogP contribution in [0.1, 0.15) is 37.1 Å². The van der Waals surface area contributed by atoms with Crippen LogP contribution in [-0.2, 0) is 13.0 Å². The minimum atomic E-state index is -0.638. The highest BCUT2D eigenvalue weighted by atomic mass is 16.7. The smallest absolute Gasteiger partial charge is 0.231 e. The van der Waals surface area contributed by atoms with Crippen LogP contribution in [0, 0.1) is 0 Å². The molecular weight excluding hydrogens is 330 g/mol. The van der Waals surface area contributed by atoms with Crippen LogP contribution in [-0.4, -0.2) is 52.1 Å². The monoisotopic (exact) mass is 357 g/mol. The number of ether oxygens (including phenoxy) is 2. The number of piperidine rings is 1. The van der Waals surface area contributed by atoms with Crippen LogP contribution in [0.3, 0.4) is 0 Å². The molecule has 26 heavy (non-hydrogen) atoms. The van der Waals surface area contributed by atoms with E-state index in [1.807, 2.05) is 18.5 Å². The molecule has 0 unspecified atom stereocenters. The van der Waals surface area contributed by atoms with Gasteiger partial charge in [0.1, 0.15) is 5.82 Å². The number of aliphatic hydroxyl groups is 1. The number of benzene rings is 1. The van der Waals surface area contributed by atoms with E-state index < -0.39 is 5.60 Å². The van der Waals surface area contributed by atoms with E-state index in [9.17, 15) is 5.11 Å². The van der Waals surface area contributed by atoms with Gasteiger partial charge in [0.05, 0.1) is 12.1 Å². The van der Waals surface area contributed by atoms with Crippen LogP contribution >= 0.6 is 0 Å². The van der Waals surface area contributed by atoms with Gasteiger partial charge in [0, 0.05) is 31.4 Å². The third kappa shape index (κ3) is 3.57. The van der Waals surface area contributed by atoms with Gasteiger partial charge >= 0.3 is 0 Å². The van der Waals surface area contributed by atoms with Gasteiger partial charge in [-0.1, -0.05) is 13.0 Å². The maximum Gasteiger partial charge on any atom is 0.231 e. The predicted octanol–water partition coefficient (Wildman–Crippen LogP) is 2.41. The summed E-state index contributed by atoms with van der Waals surface area (Å²) in [6.07, 6.45) is 6.30. The first-order valence-electron chi connectivity index (χ1n) is 9.33. The van der Waals surface area contributed by atoms with Crippen molar-refractivity contribution >= 4 is 0 Å². The maximum absolute atomic E-state index is 11.0. The lowest BCUT2D eigenvalue weighted by Crippen LogP contribution is -2.45. The van der Waals surface area contributed by atoms with Crippen molar-refractivity contribution in [3.8, 4) is 11.5 Å². The second-order valence-corrected chi connectivity index (χ2v) is 7.73. The molecule has 4 rings (SSSR count). The zero-order valence-electron chi connectivity index (χ0n) is 15.5. The van der Waals surface area contributed by atoms with Crippen molar-refractivity contribution in [2.45, 2.75) is 44.2 Å². The Bertz CT molecular complexity index is 765. The van der Waals surface area contributed by atoms with Crippen molar-refractivity contribution in [1.82, 2.24) is 14.5 Å². The summed E-state index contributed by atoms with van der Waals surface area (Å²) in [7, 11) is 2.11. The molecular formula is C20H27N3O3. The molecule has 6 nitrogen and oxygen atoms in total. The van der Waals surface area contributed by atoms with Gasteiger partial charge in [-0.2, -0.15) is 0 Å². The van der Waals surface area contributed by atoms with E-state index in [-0.39, 0.29) is 5.92 Å². The summed E-state index contributed by atoms with van der Waals surface area (Å²) < 4.78 is 13.0. The van der Waals surface area contributed by atoms with E-state index in [0.29, 0.717) is 13.3 Å². The van der Waals surface area contributed by atoms with Crippen molar-refractivity contribution in [3.63, 3.8) is 0 Å². The number of hydrogen-bond donors (Lipinski definition) is 1. The molecule has 2 aromatic rings. The Hall–Kier alpha value is -2.05. The minimum Gasteiger partial charge on any atom is -0.454 e. The second-order valence-electron chi connectivity index (χ2n) is 7.73. The number of aromatic nitrogens is 2. The average molecular weight is 357 g/mol. The van der Waals surface area contributed by atoms with Gasteiger partial charge in [-0.05, 0) is 44.0 Å². The summed E-state index contributed by atoms with van der Waals surface area (Å²) in [5.74, 6) is 2.90. The topological polar surface area (TPSA) is 59.8 Å². The third-order valence-corrected chi connectivity index (χ3v) is 5.55. The van der Waals surface area contributed by atoms with Gasteiger partial charge in [0.25, 0.3) is 0 Å². The van der Waals surface area contributed by atoms with Crippen LogP contribution in [0.2, 0.25) is 0 Å². The number of nitrogens with zero attached hydrogens (tertiary/aromatic N) is 3. The van der Waals surface area contributed by atoms with Crippen molar-refractivity contribution in [3.05, 3.63) is 42.0 Å². The lowest BCUT2D eigenvalue weighted by atomic mass is 9.91.